The maximum absolute atomic E-state index is 11.7. The molecule has 1 aromatic rings. The Morgan fingerprint density at radius 1 is 1.53 bits per heavy atom. The summed E-state index contributed by atoms with van der Waals surface area (Å²) in [6, 6.07) is 0.117. The zero-order valence-electron chi connectivity index (χ0n) is 11.4. The van der Waals surface area contributed by atoms with E-state index in [0.29, 0.717) is 25.2 Å². The fourth-order valence-electron chi connectivity index (χ4n) is 1.52. The molecular formula is C12H19ClN4O2. The zero-order valence-corrected chi connectivity index (χ0v) is 12.1. The van der Waals surface area contributed by atoms with Gasteiger partial charge in [-0.25, -0.2) is 4.68 Å². The van der Waals surface area contributed by atoms with E-state index in [1.807, 2.05) is 20.8 Å². The van der Waals surface area contributed by atoms with Gasteiger partial charge in [-0.1, -0.05) is 11.6 Å². The molecule has 0 aromatic carbocycles. The summed E-state index contributed by atoms with van der Waals surface area (Å²) in [7, 11) is 0. The summed E-state index contributed by atoms with van der Waals surface area (Å²) in [6.45, 7) is 6.48. The largest absolute Gasteiger partial charge is 0.382 e. The van der Waals surface area contributed by atoms with Crippen LogP contribution in [0.15, 0.2) is 11.0 Å². The highest BCUT2D eigenvalue weighted by molar-refractivity contribution is 6.32. The zero-order chi connectivity index (χ0) is 14.4. The molecule has 6 nitrogen and oxygen atoms in total. The number of aromatic nitrogens is 2. The van der Waals surface area contributed by atoms with Crippen molar-refractivity contribution in [2.45, 2.75) is 39.8 Å². The molecule has 1 amide bonds. The summed E-state index contributed by atoms with van der Waals surface area (Å²) < 4.78 is 1.28. The van der Waals surface area contributed by atoms with Crippen LogP contribution < -0.4 is 16.2 Å². The Morgan fingerprint density at radius 2 is 2.21 bits per heavy atom. The fraction of sp³-hybridized carbons (Fsp3) is 0.583. The van der Waals surface area contributed by atoms with Gasteiger partial charge in [-0.05, 0) is 20.8 Å². The van der Waals surface area contributed by atoms with Crippen molar-refractivity contribution in [1.29, 1.82) is 0 Å². The minimum Gasteiger partial charge on any atom is -0.382 e. The van der Waals surface area contributed by atoms with Gasteiger partial charge in [0.1, 0.15) is 5.02 Å². The number of carbonyl (C=O) groups is 1. The summed E-state index contributed by atoms with van der Waals surface area (Å²) in [6.07, 6.45) is 1.80. The first-order chi connectivity index (χ1) is 8.95. The fourth-order valence-corrected chi connectivity index (χ4v) is 1.73. The van der Waals surface area contributed by atoms with Gasteiger partial charge in [-0.2, -0.15) is 5.10 Å². The van der Waals surface area contributed by atoms with Crippen LogP contribution in [-0.2, 0) is 11.3 Å². The van der Waals surface area contributed by atoms with Crippen molar-refractivity contribution >= 4 is 23.2 Å². The van der Waals surface area contributed by atoms with Crippen LogP contribution in [0.5, 0.6) is 0 Å². The predicted molar refractivity (Wildman–Crippen MR) is 75.6 cm³/mol. The second-order valence-electron chi connectivity index (χ2n) is 4.39. The van der Waals surface area contributed by atoms with Gasteiger partial charge in [-0.3, -0.25) is 9.59 Å². The Kier molecular flexibility index (Phi) is 5.82. The van der Waals surface area contributed by atoms with E-state index in [-0.39, 0.29) is 22.5 Å². The van der Waals surface area contributed by atoms with E-state index in [1.165, 1.54) is 10.9 Å². The second-order valence-corrected chi connectivity index (χ2v) is 4.77. The van der Waals surface area contributed by atoms with Crippen LogP contribution >= 0.6 is 11.6 Å². The number of nitrogens with one attached hydrogen (secondary N) is 2. The maximum Gasteiger partial charge on any atom is 0.287 e. The Bertz CT molecular complexity index is 499. The molecule has 0 saturated carbocycles. The van der Waals surface area contributed by atoms with Crippen molar-refractivity contribution in [3.8, 4) is 0 Å². The van der Waals surface area contributed by atoms with Crippen LogP contribution in [0, 0.1) is 0 Å². The van der Waals surface area contributed by atoms with Crippen LogP contribution in [0.25, 0.3) is 0 Å². The summed E-state index contributed by atoms with van der Waals surface area (Å²) in [4.78, 5) is 23.1. The van der Waals surface area contributed by atoms with E-state index < -0.39 is 0 Å². The predicted octanol–water partition coefficient (Wildman–Crippen LogP) is 1.24. The van der Waals surface area contributed by atoms with Gasteiger partial charge in [0, 0.05) is 25.6 Å². The number of hydrogen-bond donors (Lipinski definition) is 2. The Morgan fingerprint density at radius 3 is 2.79 bits per heavy atom. The summed E-state index contributed by atoms with van der Waals surface area (Å²) in [5.74, 6) is -0.0477. The minimum atomic E-state index is -0.333. The van der Waals surface area contributed by atoms with E-state index >= 15 is 0 Å². The smallest absolute Gasteiger partial charge is 0.287 e. The van der Waals surface area contributed by atoms with E-state index in [4.69, 9.17) is 11.6 Å². The molecule has 2 N–H and O–H groups in total. The monoisotopic (exact) mass is 286 g/mol. The topological polar surface area (TPSA) is 76.0 Å². The first-order valence-corrected chi connectivity index (χ1v) is 6.62. The molecule has 0 aliphatic carbocycles. The quantitative estimate of drug-likeness (QED) is 0.825. The Hall–Kier alpha value is -1.56. The van der Waals surface area contributed by atoms with Crippen LogP contribution in [0.3, 0.4) is 0 Å². The first kappa shape index (κ1) is 15.5. The van der Waals surface area contributed by atoms with Crippen LogP contribution in [0.1, 0.15) is 27.2 Å². The highest BCUT2D eigenvalue weighted by Gasteiger charge is 2.09. The van der Waals surface area contributed by atoms with Gasteiger partial charge in [0.05, 0.1) is 11.9 Å². The molecule has 1 rings (SSSR count). The number of hydrogen-bond acceptors (Lipinski definition) is 4. The summed E-state index contributed by atoms with van der Waals surface area (Å²) in [5, 5.41) is 9.78. The minimum absolute atomic E-state index is 0.0477. The van der Waals surface area contributed by atoms with Crippen molar-refractivity contribution in [3.63, 3.8) is 0 Å². The molecule has 0 atom stereocenters. The molecule has 1 heterocycles. The lowest BCUT2D eigenvalue weighted by molar-refractivity contribution is -0.121. The van der Waals surface area contributed by atoms with Gasteiger partial charge in [0.15, 0.2) is 0 Å². The van der Waals surface area contributed by atoms with Gasteiger partial charge in [0.2, 0.25) is 5.91 Å². The van der Waals surface area contributed by atoms with Crippen molar-refractivity contribution in [3.05, 3.63) is 21.6 Å². The molecule has 0 fully saturated rings. The van der Waals surface area contributed by atoms with Gasteiger partial charge in [-0.15, -0.1) is 0 Å². The van der Waals surface area contributed by atoms with Crippen LogP contribution in [-0.4, -0.2) is 28.3 Å². The molecule has 7 heteroatoms. The number of nitrogens with zero attached hydrogens (tertiary/aromatic N) is 2. The van der Waals surface area contributed by atoms with E-state index in [9.17, 15) is 9.59 Å². The average molecular weight is 287 g/mol. The Labute approximate surface area is 117 Å². The first-order valence-electron chi connectivity index (χ1n) is 6.24. The lowest BCUT2D eigenvalue weighted by atomic mass is 10.3. The SMILES string of the molecule is CCn1ncc(NCCC(=O)NC(C)C)c(Cl)c1=O. The van der Waals surface area contributed by atoms with E-state index in [0.717, 1.165) is 0 Å². The number of amides is 1. The molecule has 0 aliphatic heterocycles. The van der Waals surface area contributed by atoms with Crippen LogP contribution in [0.4, 0.5) is 5.69 Å². The Balaban J connectivity index is 2.57. The lowest BCUT2D eigenvalue weighted by Crippen LogP contribution is -2.31. The summed E-state index contributed by atoms with van der Waals surface area (Å²) >= 11 is 5.94. The highest BCUT2D eigenvalue weighted by Crippen LogP contribution is 2.14. The highest BCUT2D eigenvalue weighted by atomic mass is 35.5. The van der Waals surface area contributed by atoms with E-state index in [1.54, 1.807) is 0 Å². The lowest BCUT2D eigenvalue weighted by Gasteiger charge is -2.10. The molecule has 0 unspecified atom stereocenters. The van der Waals surface area contributed by atoms with Crippen LogP contribution in [0.2, 0.25) is 5.02 Å². The van der Waals surface area contributed by atoms with E-state index in [2.05, 4.69) is 15.7 Å². The number of carbonyl (C=O) groups excluding carboxylic acids is 1. The normalized spacial score (nSPS) is 10.6. The molecule has 0 bridgehead atoms. The molecule has 0 aliphatic rings. The third-order valence-corrected chi connectivity index (χ3v) is 2.77. The molecule has 0 radical (unpaired) electrons. The standard InChI is InChI=1S/C12H19ClN4O2/c1-4-17-12(19)11(13)9(7-15-17)14-6-5-10(18)16-8(2)3/h7-8,14H,4-6H2,1-3H3,(H,16,18). The number of halogens is 1. The molecule has 0 saturated heterocycles. The molecular weight excluding hydrogens is 268 g/mol. The summed E-state index contributed by atoms with van der Waals surface area (Å²) in [5.41, 5.74) is 0.120. The molecule has 19 heavy (non-hydrogen) atoms. The second kappa shape index (κ2) is 7.13. The molecule has 106 valence electrons. The average Bonchev–Trinajstić information content (AvgIpc) is 2.34. The van der Waals surface area contributed by atoms with Gasteiger partial charge >= 0.3 is 0 Å². The third-order valence-electron chi connectivity index (χ3n) is 2.40. The van der Waals surface area contributed by atoms with Crippen molar-refractivity contribution in [2.24, 2.45) is 0 Å². The third kappa shape index (κ3) is 4.55. The van der Waals surface area contributed by atoms with Gasteiger partial charge < -0.3 is 10.6 Å². The molecule has 0 spiro atoms. The number of anilines is 1. The van der Waals surface area contributed by atoms with Crippen molar-refractivity contribution < 1.29 is 4.79 Å². The number of aryl methyl sites for hydroxylation is 1. The van der Waals surface area contributed by atoms with Crippen molar-refractivity contribution in [1.82, 2.24) is 15.1 Å². The van der Waals surface area contributed by atoms with Crippen molar-refractivity contribution in [2.75, 3.05) is 11.9 Å². The molecule has 1 aromatic heterocycles. The van der Waals surface area contributed by atoms with Gasteiger partial charge in [0.25, 0.3) is 5.56 Å². The maximum atomic E-state index is 11.7. The number of rotatable bonds is 6.